The van der Waals surface area contributed by atoms with Crippen LogP contribution in [0, 0.1) is 35.0 Å². The first-order valence-electron chi connectivity index (χ1n) is 9.88. The predicted molar refractivity (Wildman–Crippen MR) is 99.3 cm³/mol. The Morgan fingerprint density at radius 3 is 2.81 bits per heavy atom. The number of rotatable bonds is 5. The molecule has 2 saturated carbocycles. The topological polar surface area (TPSA) is 71.4 Å². The molecule has 4 heteroatoms. The summed E-state index contributed by atoms with van der Waals surface area (Å²) in [6.07, 6.45) is 9.39. The number of carbonyl (C=O) groups is 3. The molecule has 4 nitrogen and oxygen atoms in total. The maximum Gasteiger partial charge on any atom is 0.178 e. The predicted octanol–water partition coefficient (Wildman–Crippen LogP) is 3.29. The monoisotopic (exact) mass is 358 g/mol. The fourth-order valence-corrected chi connectivity index (χ4v) is 5.63. The van der Waals surface area contributed by atoms with Crippen LogP contribution < -0.4 is 0 Å². The standard InChI is InChI=1S/C22H30O4/c1-13(20(26)12-23)4-6-17-14(2)10-19(25)21-18(17)7-5-15-11-16(24)8-9-22(15,21)3/h8-9,11,13-14,17-18,21,23H,4-7,10,12H2,1-3H3/t13?,14?,17-,18-,21-,22?/m1/s1. The minimum absolute atomic E-state index is 0.0282. The molecule has 26 heavy (non-hydrogen) atoms. The molecular weight excluding hydrogens is 328 g/mol. The Balaban J connectivity index is 1.83. The van der Waals surface area contributed by atoms with Gasteiger partial charge in [-0.2, -0.15) is 0 Å². The van der Waals surface area contributed by atoms with Crippen molar-refractivity contribution in [1.82, 2.24) is 0 Å². The molecule has 3 aliphatic rings. The molecule has 1 N–H and O–H groups in total. The van der Waals surface area contributed by atoms with Crippen LogP contribution in [0.1, 0.15) is 52.9 Å². The summed E-state index contributed by atoms with van der Waals surface area (Å²) in [6.45, 7) is 5.76. The molecule has 3 rings (SSSR count). The van der Waals surface area contributed by atoms with Gasteiger partial charge in [0.25, 0.3) is 0 Å². The van der Waals surface area contributed by atoms with Crippen molar-refractivity contribution in [2.24, 2.45) is 35.0 Å². The smallest absolute Gasteiger partial charge is 0.178 e. The zero-order chi connectivity index (χ0) is 19.1. The largest absolute Gasteiger partial charge is 0.389 e. The third-order valence-electron chi connectivity index (χ3n) is 7.21. The van der Waals surface area contributed by atoms with E-state index in [-0.39, 0.29) is 28.8 Å². The average Bonchev–Trinajstić information content (AvgIpc) is 2.60. The summed E-state index contributed by atoms with van der Waals surface area (Å²) in [5.41, 5.74) is 0.774. The normalized spacial score (nSPS) is 37.6. The van der Waals surface area contributed by atoms with E-state index in [0.717, 1.165) is 31.3 Å². The molecule has 0 saturated heterocycles. The SMILES string of the molecule is CC(CC[C@@H]1C(C)CC(=O)[C@H]2[C@@H]1CCC1=CC(=O)C=CC12C)C(=O)CO. The second-order valence-corrected chi connectivity index (χ2v) is 8.78. The van der Waals surface area contributed by atoms with Gasteiger partial charge in [-0.05, 0) is 55.6 Å². The fourth-order valence-electron chi connectivity index (χ4n) is 5.63. The van der Waals surface area contributed by atoms with Crippen molar-refractivity contribution in [3.05, 3.63) is 23.8 Å². The Morgan fingerprint density at radius 2 is 2.12 bits per heavy atom. The van der Waals surface area contributed by atoms with E-state index < -0.39 is 6.61 Å². The number of aliphatic hydroxyl groups is 1. The third-order valence-corrected chi connectivity index (χ3v) is 7.21. The van der Waals surface area contributed by atoms with Crippen LogP contribution in [0.2, 0.25) is 0 Å². The van der Waals surface area contributed by atoms with E-state index in [1.807, 2.05) is 13.0 Å². The molecule has 3 aliphatic carbocycles. The van der Waals surface area contributed by atoms with E-state index in [9.17, 15) is 14.4 Å². The Bertz CT molecular complexity index is 674. The molecule has 0 heterocycles. The van der Waals surface area contributed by atoms with Crippen molar-refractivity contribution in [1.29, 1.82) is 0 Å². The minimum Gasteiger partial charge on any atom is -0.389 e. The molecular formula is C22H30O4. The molecule has 0 bridgehead atoms. The van der Waals surface area contributed by atoms with Crippen molar-refractivity contribution in [3.8, 4) is 0 Å². The Kier molecular flexibility index (Phi) is 5.34. The molecule has 0 aliphatic heterocycles. The second kappa shape index (κ2) is 7.22. The van der Waals surface area contributed by atoms with Gasteiger partial charge in [0.2, 0.25) is 0 Å². The van der Waals surface area contributed by atoms with Gasteiger partial charge in [-0.3, -0.25) is 14.4 Å². The van der Waals surface area contributed by atoms with Crippen LogP contribution >= 0.6 is 0 Å². The van der Waals surface area contributed by atoms with Crippen molar-refractivity contribution >= 4 is 17.3 Å². The summed E-state index contributed by atoms with van der Waals surface area (Å²) in [5.74, 6) is 1.10. The highest BCUT2D eigenvalue weighted by Gasteiger charge is 2.53. The van der Waals surface area contributed by atoms with Gasteiger partial charge >= 0.3 is 0 Å². The summed E-state index contributed by atoms with van der Waals surface area (Å²) in [6, 6.07) is 0. The molecule has 0 spiro atoms. The lowest BCUT2D eigenvalue weighted by atomic mass is 9.50. The van der Waals surface area contributed by atoms with Gasteiger partial charge in [0.15, 0.2) is 11.6 Å². The van der Waals surface area contributed by atoms with E-state index in [0.29, 0.717) is 30.0 Å². The van der Waals surface area contributed by atoms with Gasteiger partial charge in [-0.15, -0.1) is 0 Å². The number of Topliss-reactive ketones (excluding diaryl/α,β-unsaturated/α-hetero) is 2. The Hall–Kier alpha value is -1.55. The number of aliphatic hydroxyl groups excluding tert-OH is 1. The van der Waals surface area contributed by atoms with Crippen molar-refractivity contribution in [2.45, 2.75) is 52.9 Å². The van der Waals surface area contributed by atoms with Gasteiger partial charge < -0.3 is 5.11 Å². The summed E-state index contributed by atoms with van der Waals surface area (Å²) in [4.78, 5) is 36.5. The summed E-state index contributed by atoms with van der Waals surface area (Å²) >= 11 is 0. The highest BCUT2D eigenvalue weighted by Crippen LogP contribution is 2.57. The lowest BCUT2D eigenvalue weighted by Gasteiger charge is -2.53. The molecule has 2 fully saturated rings. The van der Waals surface area contributed by atoms with E-state index >= 15 is 0 Å². The summed E-state index contributed by atoms with van der Waals surface area (Å²) in [5, 5.41) is 9.07. The van der Waals surface area contributed by atoms with Crippen LogP contribution in [0.25, 0.3) is 0 Å². The first-order chi connectivity index (χ1) is 12.3. The number of hydrogen-bond donors (Lipinski definition) is 1. The van der Waals surface area contributed by atoms with E-state index in [4.69, 9.17) is 5.11 Å². The first kappa shape index (κ1) is 19.2. The fraction of sp³-hybridized carbons (Fsp3) is 0.682. The molecule has 0 aromatic heterocycles. The van der Waals surface area contributed by atoms with Crippen LogP contribution in [0.3, 0.4) is 0 Å². The number of carbonyl (C=O) groups excluding carboxylic acids is 3. The third kappa shape index (κ3) is 3.24. The minimum atomic E-state index is -0.392. The van der Waals surface area contributed by atoms with E-state index in [2.05, 4.69) is 13.8 Å². The lowest BCUT2D eigenvalue weighted by Crippen LogP contribution is -2.51. The van der Waals surface area contributed by atoms with Gasteiger partial charge in [-0.25, -0.2) is 0 Å². The number of allylic oxidation sites excluding steroid dienone is 4. The summed E-state index contributed by atoms with van der Waals surface area (Å²) in [7, 11) is 0. The molecule has 0 radical (unpaired) electrons. The molecule has 3 unspecified atom stereocenters. The van der Waals surface area contributed by atoms with Crippen LogP contribution in [-0.2, 0) is 14.4 Å². The van der Waals surface area contributed by atoms with Gasteiger partial charge in [-0.1, -0.05) is 32.4 Å². The molecule has 0 aromatic rings. The van der Waals surface area contributed by atoms with Gasteiger partial charge in [0.1, 0.15) is 12.4 Å². The van der Waals surface area contributed by atoms with Crippen LogP contribution in [0.4, 0.5) is 0 Å². The number of ketones is 3. The summed E-state index contributed by atoms with van der Waals surface area (Å²) < 4.78 is 0. The van der Waals surface area contributed by atoms with Gasteiger partial charge in [0.05, 0.1) is 0 Å². The quantitative estimate of drug-likeness (QED) is 0.819. The maximum absolute atomic E-state index is 13.0. The number of fused-ring (bicyclic) bond motifs is 3. The van der Waals surface area contributed by atoms with Crippen LogP contribution in [0.5, 0.6) is 0 Å². The molecule has 0 amide bonds. The zero-order valence-corrected chi connectivity index (χ0v) is 16.0. The Morgan fingerprint density at radius 1 is 1.38 bits per heavy atom. The van der Waals surface area contributed by atoms with Crippen LogP contribution in [-0.4, -0.2) is 29.1 Å². The van der Waals surface area contributed by atoms with Crippen molar-refractivity contribution in [3.63, 3.8) is 0 Å². The highest BCUT2D eigenvalue weighted by molar-refractivity contribution is 6.01. The van der Waals surface area contributed by atoms with Gasteiger partial charge in [0, 0.05) is 23.7 Å². The second-order valence-electron chi connectivity index (χ2n) is 8.78. The van der Waals surface area contributed by atoms with Crippen molar-refractivity contribution in [2.75, 3.05) is 6.61 Å². The molecule has 0 aromatic carbocycles. The lowest BCUT2D eigenvalue weighted by molar-refractivity contribution is -0.137. The van der Waals surface area contributed by atoms with E-state index in [1.54, 1.807) is 12.2 Å². The Labute approximate surface area is 155 Å². The number of hydrogen-bond acceptors (Lipinski definition) is 4. The average molecular weight is 358 g/mol. The van der Waals surface area contributed by atoms with Crippen LogP contribution in [0.15, 0.2) is 23.8 Å². The van der Waals surface area contributed by atoms with Crippen molar-refractivity contribution < 1.29 is 19.5 Å². The molecule has 6 atom stereocenters. The first-order valence-corrected chi connectivity index (χ1v) is 9.88. The zero-order valence-electron chi connectivity index (χ0n) is 16.0. The maximum atomic E-state index is 13.0. The van der Waals surface area contributed by atoms with E-state index in [1.165, 1.54) is 0 Å². The molecule has 142 valence electrons. The highest BCUT2D eigenvalue weighted by atomic mass is 16.3.